The number of hydrogen-bond donors (Lipinski definition) is 1. The van der Waals surface area contributed by atoms with Crippen molar-refractivity contribution in [3.8, 4) is 0 Å². The van der Waals surface area contributed by atoms with E-state index >= 15 is 0 Å². The van der Waals surface area contributed by atoms with Crippen LogP contribution in [0.25, 0.3) is 11.0 Å². The average Bonchev–Trinajstić information content (AvgIpc) is 3.06. The third-order valence-electron chi connectivity index (χ3n) is 2.96. The molecule has 0 aliphatic carbocycles. The minimum Gasteiger partial charge on any atom is -0.356 e. The molecule has 0 aliphatic heterocycles. The van der Waals surface area contributed by atoms with E-state index in [2.05, 4.69) is 15.5 Å². The number of carbonyl (C=O) groups excluding carboxylic acids is 1. The van der Waals surface area contributed by atoms with Crippen molar-refractivity contribution in [2.24, 2.45) is 0 Å². The van der Waals surface area contributed by atoms with Gasteiger partial charge in [-0.3, -0.25) is 4.79 Å². The normalized spacial score (nSPS) is 11.0. The van der Waals surface area contributed by atoms with Crippen molar-refractivity contribution in [3.63, 3.8) is 0 Å². The predicted octanol–water partition coefficient (Wildman–Crippen LogP) is 3.51. The SMILES string of the molecule is Cc1ccc2onc(CC(=O)Nc3nc(CCl)cs3)c2c1. The number of aromatic nitrogens is 2. The maximum absolute atomic E-state index is 12.0. The van der Waals surface area contributed by atoms with Crippen LogP contribution in [0.1, 0.15) is 17.0 Å². The van der Waals surface area contributed by atoms with Crippen LogP contribution in [-0.4, -0.2) is 16.0 Å². The molecule has 3 aromatic rings. The van der Waals surface area contributed by atoms with Gasteiger partial charge in [0.1, 0.15) is 5.69 Å². The number of aryl methyl sites for hydroxylation is 1. The summed E-state index contributed by atoms with van der Waals surface area (Å²) in [6, 6.07) is 5.76. The van der Waals surface area contributed by atoms with Crippen molar-refractivity contribution in [3.05, 3.63) is 40.5 Å². The maximum Gasteiger partial charge on any atom is 0.232 e. The van der Waals surface area contributed by atoms with Crippen LogP contribution in [0, 0.1) is 6.92 Å². The molecule has 108 valence electrons. The number of anilines is 1. The summed E-state index contributed by atoms with van der Waals surface area (Å²) in [6.07, 6.45) is 0.145. The van der Waals surface area contributed by atoms with Crippen LogP contribution in [-0.2, 0) is 17.1 Å². The lowest BCUT2D eigenvalue weighted by molar-refractivity contribution is -0.115. The highest BCUT2D eigenvalue weighted by Crippen LogP contribution is 2.21. The molecule has 1 N–H and O–H groups in total. The Labute approximate surface area is 129 Å². The van der Waals surface area contributed by atoms with Gasteiger partial charge in [0.15, 0.2) is 10.7 Å². The van der Waals surface area contributed by atoms with Gasteiger partial charge in [0.05, 0.1) is 18.0 Å². The third kappa shape index (κ3) is 3.06. The Bertz CT molecular complexity index is 796. The summed E-state index contributed by atoms with van der Waals surface area (Å²) in [5, 5.41) is 9.93. The summed E-state index contributed by atoms with van der Waals surface area (Å²) in [4.78, 5) is 16.2. The van der Waals surface area contributed by atoms with Gasteiger partial charge in [-0.05, 0) is 19.1 Å². The molecular formula is C14H12ClN3O2S. The first-order chi connectivity index (χ1) is 10.2. The highest BCUT2D eigenvalue weighted by Gasteiger charge is 2.13. The second-order valence-corrected chi connectivity index (χ2v) is 5.76. The molecule has 2 heterocycles. The number of benzene rings is 1. The van der Waals surface area contributed by atoms with Crippen molar-refractivity contribution >= 4 is 44.9 Å². The lowest BCUT2D eigenvalue weighted by Crippen LogP contribution is -2.14. The largest absolute Gasteiger partial charge is 0.356 e. The van der Waals surface area contributed by atoms with Crippen molar-refractivity contribution in [1.82, 2.24) is 10.1 Å². The van der Waals surface area contributed by atoms with Crippen LogP contribution in [0.2, 0.25) is 0 Å². The summed E-state index contributed by atoms with van der Waals surface area (Å²) < 4.78 is 5.22. The highest BCUT2D eigenvalue weighted by atomic mass is 35.5. The molecule has 7 heteroatoms. The molecule has 5 nitrogen and oxygen atoms in total. The molecule has 0 unspecified atom stereocenters. The first-order valence-corrected chi connectivity index (χ1v) is 7.72. The zero-order valence-electron chi connectivity index (χ0n) is 11.2. The van der Waals surface area contributed by atoms with Gasteiger partial charge in [0.25, 0.3) is 0 Å². The van der Waals surface area contributed by atoms with Gasteiger partial charge in [0, 0.05) is 10.8 Å². The first kappa shape index (κ1) is 14.0. The third-order valence-corrected chi connectivity index (χ3v) is 4.04. The Hall–Kier alpha value is -1.92. The van der Waals surface area contributed by atoms with Gasteiger partial charge in [-0.15, -0.1) is 22.9 Å². The van der Waals surface area contributed by atoms with E-state index in [0.717, 1.165) is 16.6 Å². The summed E-state index contributed by atoms with van der Waals surface area (Å²) in [6.45, 7) is 1.99. The monoisotopic (exact) mass is 321 g/mol. The molecule has 0 spiro atoms. The van der Waals surface area contributed by atoms with E-state index in [9.17, 15) is 4.79 Å². The summed E-state index contributed by atoms with van der Waals surface area (Å²) in [5.74, 6) is 0.154. The second-order valence-electron chi connectivity index (χ2n) is 4.63. The van der Waals surface area contributed by atoms with Gasteiger partial charge in [0.2, 0.25) is 5.91 Å². The molecule has 2 aromatic heterocycles. The molecule has 0 saturated heterocycles. The van der Waals surface area contributed by atoms with E-state index in [1.54, 1.807) is 0 Å². The molecule has 0 bridgehead atoms. The Balaban J connectivity index is 1.75. The molecule has 0 fully saturated rings. The summed E-state index contributed by atoms with van der Waals surface area (Å²) >= 11 is 7.03. The van der Waals surface area contributed by atoms with E-state index in [1.165, 1.54) is 11.3 Å². The predicted molar refractivity (Wildman–Crippen MR) is 82.8 cm³/mol. The molecule has 1 aromatic carbocycles. The Morgan fingerprint density at radius 1 is 1.48 bits per heavy atom. The molecule has 0 saturated carbocycles. The van der Waals surface area contributed by atoms with Crippen LogP contribution in [0.15, 0.2) is 28.1 Å². The van der Waals surface area contributed by atoms with Crippen molar-refractivity contribution < 1.29 is 9.32 Å². The molecule has 0 radical (unpaired) electrons. The van der Waals surface area contributed by atoms with Gasteiger partial charge >= 0.3 is 0 Å². The van der Waals surface area contributed by atoms with Crippen LogP contribution < -0.4 is 5.32 Å². The van der Waals surface area contributed by atoms with E-state index < -0.39 is 0 Å². The zero-order chi connectivity index (χ0) is 14.8. The van der Waals surface area contributed by atoms with Crippen molar-refractivity contribution in [1.29, 1.82) is 0 Å². The van der Waals surface area contributed by atoms with Gasteiger partial charge < -0.3 is 9.84 Å². The van der Waals surface area contributed by atoms with Gasteiger partial charge in [-0.2, -0.15) is 0 Å². The van der Waals surface area contributed by atoms with E-state index in [4.69, 9.17) is 16.1 Å². The molecule has 0 atom stereocenters. The number of thiazole rings is 1. The van der Waals surface area contributed by atoms with Crippen molar-refractivity contribution in [2.45, 2.75) is 19.2 Å². The number of nitrogens with zero attached hydrogens (tertiary/aromatic N) is 2. The lowest BCUT2D eigenvalue weighted by atomic mass is 10.1. The summed E-state index contributed by atoms with van der Waals surface area (Å²) in [5.41, 5.74) is 3.15. The quantitative estimate of drug-likeness (QED) is 0.747. The number of fused-ring (bicyclic) bond motifs is 1. The number of rotatable bonds is 4. The molecular weight excluding hydrogens is 310 g/mol. The number of nitrogens with one attached hydrogen (secondary N) is 1. The second kappa shape index (κ2) is 5.83. The zero-order valence-corrected chi connectivity index (χ0v) is 12.8. The Morgan fingerprint density at radius 2 is 2.33 bits per heavy atom. The first-order valence-electron chi connectivity index (χ1n) is 6.31. The van der Waals surface area contributed by atoms with Crippen LogP contribution in [0.5, 0.6) is 0 Å². The van der Waals surface area contributed by atoms with Crippen molar-refractivity contribution in [2.75, 3.05) is 5.32 Å². The maximum atomic E-state index is 12.0. The smallest absolute Gasteiger partial charge is 0.232 e. The highest BCUT2D eigenvalue weighted by molar-refractivity contribution is 7.13. The number of hydrogen-bond acceptors (Lipinski definition) is 5. The number of halogens is 1. The fraction of sp³-hybridized carbons (Fsp3) is 0.214. The fourth-order valence-electron chi connectivity index (χ4n) is 1.97. The van der Waals surface area contributed by atoms with Gasteiger partial charge in [-0.1, -0.05) is 16.8 Å². The fourth-order valence-corrected chi connectivity index (χ4v) is 2.93. The van der Waals surface area contributed by atoms with E-state index in [-0.39, 0.29) is 12.3 Å². The van der Waals surface area contributed by atoms with Crippen LogP contribution >= 0.6 is 22.9 Å². The summed E-state index contributed by atoms with van der Waals surface area (Å²) in [7, 11) is 0. The Morgan fingerprint density at radius 3 is 3.10 bits per heavy atom. The standard InChI is InChI=1S/C14H12ClN3O2S/c1-8-2-3-12-10(4-8)11(18-20-12)5-13(19)17-14-16-9(6-15)7-21-14/h2-4,7H,5-6H2,1H3,(H,16,17,19). The molecule has 0 aliphatic rings. The van der Waals surface area contributed by atoms with Crippen LogP contribution in [0.3, 0.4) is 0 Å². The number of alkyl halides is 1. The van der Waals surface area contributed by atoms with Gasteiger partial charge in [-0.25, -0.2) is 4.98 Å². The number of carbonyl (C=O) groups is 1. The van der Waals surface area contributed by atoms with E-state index in [0.29, 0.717) is 22.3 Å². The molecule has 3 rings (SSSR count). The number of amides is 1. The minimum absolute atomic E-state index is 0.145. The lowest BCUT2D eigenvalue weighted by Gasteiger charge is -1.99. The topological polar surface area (TPSA) is 68.0 Å². The van der Waals surface area contributed by atoms with Crippen LogP contribution in [0.4, 0.5) is 5.13 Å². The average molecular weight is 322 g/mol. The van der Waals surface area contributed by atoms with E-state index in [1.807, 2.05) is 30.5 Å². The molecule has 21 heavy (non-hydrogen) atoms. The Kier molecular flexibility index (Phi) is 3.90. The molecule has 1 amide bonds. The minimum atomic E-state index is -0.179.